The molecule has 0 nitrogen and oxygen atoms in total. The van der Waals surface area contributed by atoms with Crippen LogP contribution in [-0.2, 0) is 6.42 Å². The molecule has 1 aliphatic carbocycles. The molecule has 0 aromatic heterocycles. The maximum Gasteiger partial charge on any atom is 0.123 e. The molecule has 0 heterocycles. The minimum Gasteiger partial charge on any atom is -0.207 e. The third-order valence-electron chi connectivity index (χ3n) is 3.22. The van der Waals surface area contributed by atoms with E-state index in [4.69, 9.17) is 0 Å². The van der Waals surface area contributed by atoms with E-state index in [0.29, 0.717) is 0 Å². The molecule has 3 rings (SSSR count). The van der Waals surface area contributed by atoms with E-state index in [2.05, 4.69) is 30.3 Å². The van der Waals surface area contributed by atoms with Crippen LogP contribution in [-0.4, -0.2) is 0 Å². The maximum atomic E-state index is 12.9. The van der Waals surface area contributed by atoms with Gasteiger partial charge in [-0.1, -0.05) is 42.5 Å². The van der Waals surface area contributed by atoms with Gasteiger partial charge in [-0.2, -0.15) is 0 Å². The number of benzene rings is 2. The highest BCUT2D eigenvalue weighted by Crippen LogP contribution is 2.31. The van der Waals surface area contributed by atoms with Crippen molar-refractivity contribution in [3.05, 3.63) is 77.1 Å². The van der Waals surface area contributed by atoms with Crippen LogP contribution in [0.3, 0.4) is 0 Å². The van der Waals surface area contributed by atoms with Crippen LogP contribution in [0.25, 0.3) is 5.57 Å². The number of rotatable bonds is 1. The molecule has 0 saturated carbocycles. The number of allylic oxidation sites excluding steroid dienone is 1. The summed E-state index contributed by atoms with van der Waals surface area (Å²) in [5.41, 5.74) is 4.99. The van der Waals surface area contributed by atoms with Crippen molar-refractivity contribution in [3.63, 3.8) is 0 Å². The van der Waals surface area contributed by atoms with Crippen molar-refractivity contribution in [2.45, 2.75) is 12.8 Å². The molecule has 0 N–H and O–H groups in total. The molecule has 0 aliphatic heterocycles. The van der Waals surface area contributed by atoms with Crippen molar-refractivity contribution in [1.82, 2.24) is 0 Å². The van der Waals surface area contributed by atoms with Gasteiger partial charge in [0.1, 0.15) is 5.82 Å². The quantitative estimate of drug-likeness (QED) is 0.681. The van der Waals surface area contributed by atoms with Crippen molar-refractivity contribution in [1.29, 1.82) is 0 Å². The molecule has 0 saturated heterocycles. The van der Waals surface area contributed by atoms with Crippen LogP contribution < -0.4 is 0 Å². The van der Waals surface area contributed by atoms with E-state index in [1.807, 2.05) is 12.1 Å². The van der Waals surface area contributed by atoms with E-state index in [-0.39, 0.29) is 5.82 Å². The van der Waals surface area contributed by atoms with Gasteiger partial charge in [0.25, 0.3) is 0 Å². The third-order valence-corrected chi connectivity index (χ3v) is 3.22. The number of halogens is 1. The minimum absolute atomic E-state index is 0.182. The van der Waals surface area contributed by atoms with Crippen molar-refractivity contribution in [2.24, 2.45) is 0 Å². The molecule has 0 fully saturated rings. The topological polar surface area (TPSA) is 0 Å². The first-order valence-corrected chi connectivity index (χ1v) is 5.89. The molecular weight excluding hydrogens is 211 g/mol. The standard InChI is InChI=1S/C16H13F/c17-14-10-8-13(9-11-14)16-7-3-5-12-4-1-2-6-15(12)16/h1-2,4,6-11H,3,5H2. The Morgan fingerprint density at radius 1 is 0.882 bits per heavy atom. The van der Waals surface area contributed by atoms with Gasteiger partial charge in [0, 0.05) is 0 Å². The summed E-state index contributed by atoms with van der Waals surface area (Å²) < 4.78 is 12.9. The van der Waals surface area contributed by atoms with Crippen molar-refractivity contribution in [2.75, 3.05) is 0 Å². The fourth-order valence-corrected chi connectivity index (χ4v) is 2.39. The Kier molecular flexibility index (Phi) is 2.52. The number of fused-ring (bicyclic) bond motifs is 1. The lowest BCUT2D eigenvalue weighted by molar-refractivity contribution is 0.627. The van der Waals surface area contributed by atoms with Crippen LogP contribution in [0.4, 0.5) is 4.39 Å². The SMILES string of the molecule is Fc1ccc(C2=CCCc3ccccc32)cc1. The Hall–Kier alpha value is -1.89. The predicted octanol–water partition coefficient (Wildman–Crippen LogP) is 4.20. The van der Waals surface area contributed by atoms with E-state index >= 15 is 0 Å². The van der Waals surface area contributed by atoms with E-state index < -0.39 is 0 Å². The summed E-state index contributed by atoms with van der Waals surface area (Å²) in [4.78, 5) is 0. The lowest BCUT2D eigenvalue weighted by atomic mass is 9.87. The van der Waals surface area contributed by atoms with E-state index in [1.165, 1.54) is 28.8 Å². The smallest absolute Gasteiger partial charge is 0.123 e. The van der Waals surface area contributed by atoms with Gasteiger partial charge in [-0.05, 0) is 47.2 Å². The lowest BCUT2D eigenvalue weighted by Gasteiger charge is -2.17. The summed E-state index contributed by atoms with van der Waals surface area (Å²) in [6.45, 7) is 0. The highest BCUT2D eigenvalue weighted by atomic mass is 19.1. The first-order valence-electron chi connectivity index (χ1n) is 5.89. The van der Waals surface area contributed by atoms with Gasteiger partial charge >= 0.3 is 0 Å². The second-order valence-corrected chi connectivity index (χ2v) is 4.32. The minimum atomic E-state index is -0.182. The van der Waals surface area contributed by atoms with Gasteiger partial charge in [-0.3, -0.25) is 0 Å². The number of hydrogen-bond acceptors (Lipinski definition) is 0. The first kappa shape index (κ1) is 10.3. The van der Waals surface area contributed by atoms with Gasteiger partial charge in [0.15, 0.2) is 0 Å². The predicted molar refractivity (Wildman–Crippen MR) is 68.2 cm³/mol. The second kappa shape index (κ2) is 4.17. The highest BCUT2D eigenvalue weighted by Gasteiger charge is 2.13. The zero-order valence-electron chi connectivity index (χ0n) is 9.49. The Bertz CT molecular complexity index is 564. The van der Waals surface area contributed by atoms with Crippen LogP contribution >= 0.6 is 0 Å². The summed E-state index contributed by atoms with van der Waals surface area (Å²) in [6.07, 6.45) is 4.40. The average Bonchev–Trinajstić information content (AvgIpc) is 2.39. The molecule has 17 heavy (non-hydrogen) atoms. The molecule has 0 radical (unpaired) electrons. The largest absolute Gasteiger partial charge is 0.207 e. The van der Waals surface area contributed by atoms with E-state index in [0.717, 1.165) is 18.4 Å². The molecule has 1 heteroatoms. The molecule has 0 spiro atoms. The zero-order valence-corrected chi connectivity index (χ0v) is 9.49. The number of aryl methyl sites for hydroxylation is 1. The second-order valence-electron chi connectivity index (χ2n) is 4.32. The first-order chi connectivity index (χ1) is 8.34. The monoisotopic (exact) mass is 224 g/mol. The number of hydrogen-bond donors (Lipinski definition) is 0. The van der Waals surface area contributed by atoms with E-state index in [9.17, 15) is 4.39 Å². The molecule has 1 aliphatic rings. The third kappa shape index (κ3) is 1.89. The van der Waals surface area contributed by atoms with Crippen LogP contribution in [0.1, 0.15) is 23.1 Å². The molecule has 0 unspecified atom stereocenters. The van der Waals surface area contributed by atoms with Gasteiger partial charge in [0.05, 0.1) is 0 Å². The van der Waals surface area contributed by atoms with Gasteiger partial charge in [0.2, 0.25) is 0 Å². The highest BCUT2D eigenvalue weighted by molar-refractivity contribution is 5.82. The van der Waals surface area contributed by atoms with Gasteiger partial charge in [-0.25, -0.2) is 4.39 Å². The molecular formula is C16H13F. The lowest BCUT2D eigenvalue weighted by Crippen LogP contribution is -2.00. The Labute approximate surface area is 100 Å². The van der Waals surface area contributed by atoms with Crippen LogP contribution in [0.2, 0.25) is 0 Å². The van der Waals surface area contributed by atoms with Crippen LogP contribution in [0, 0.1) is 5.82 Å². The summed E-state index contributed by atoms with van der Waals surface area (Å²) in [5, 5.41) is 0. The summed E-state index contributed by atoms with van der Waals surface area (Å²) in [7, 11) is 0. The van der Waals surface area contributed by atoms with Crippen molar-refractivity contribution >= 4 is 5.57 Å². The Morgan fingerprint density at radius 2 is 1.65 bits per heavy atom. The molecule has 2 aromatic rings. The molecule has 0 atom stereocenters. The van der Waals surface area contributed by atoms with Crippen LogP contribution in [0.15, 0.2) is 54.6 Å². The molecule has 84 valence electrons. The van der Waals surface area contributed by atoms with E-state index in [1.54, 1.807) is 0 Å². The van der Waals surface area contributed by atoms with Crippen molar-refractivity contribution < 1.29 is 4.39 Å². The van der Waals surface area contributed by atoms with Gasteiger partial charge < -0.3 is 0 Å². The fraction of sp³-hybridized carbons (Fsp3) is 0.125. The molecule has 2 aromatic carbocycles. The van der Waals surface area contributed by atoms with Crippen molar-refractivity contribution in [3.8, 4) is 0 Å². The summed E-state index contributed by atoms with van der Waals surface area (Å²) >= 11 is 0. The molecule has 0 bridgehead atoms. The average molecular weight is 224 g/mol. The Balaban J connectivity index is 2.09. The summed E-state index contributed by atoms with van der Waals surface area (Å²) in [5.74, 6) is -0.182. The summed E-state index contributed by atoms with van der Waals surface area (Å²) in [6, 6.07) is 15.2. The van der Waals surface area contributed by atoms with Gasteiger partial charge in [-0.15, -0.1) is 0 Å². The Morgan fingerprint density at radius 3 is 2.47 bits per heavy atom. The molecule has 0 amide bonds. The zero-order chi connectivity index (χ0) is 11.7. The normalized spacial score (nSPS) is 14.1. The van der Waals surface area contributed by atoms with Crippen LogP contribution in [0.5, 0.6) is 0 Å². The fourth-order valence-electron chi connectivity index (χ4n) is 2.39. The maximum absolute atomic E-state index is 12.9.